The van der Waals surface area contributed by atoms with E-state index in [0.29, 0.717) is 17.9 Å². The lowest BCUT2D eigenvalue weighted by Gasteiger charge is -2.10. The van der Waals surface area contributed by atoms with E-state index in [-0.39, 0.29) is 12.2 Å². The minimum Gasteiger partial charge on any atom is -0.494 e. The topological polar surface area (TPSA) is 38.3 Å². The molecular weight excluding hydrogens is 354 g/mol. The molecular formula is C19H20BrNO2. The number of carbonyl (C=O) groups excluding carboxylic acids is 1. The van der Waals surface area contributed by atoms with Crippen molar-refractivity contribution in [3.8, 4) is 5.75 Å². The highest BCUT2D eigenvalue weighted by Gasteiger charge is 2.08. The van der Waals surface area contributed by atoms with Gasteiger partial charge in [0.25, 0.3) is 0 Å². The van der Waals surface area contributed by atoms with Crippen molar-refractivity contribution in [1.29, 1.82) is 0 Å². The Hall–Kier alpha value is -2.07. The van der Waals surface area contributed by atoms with Gasteiger partial charge in [0.15, 0.2) is 5.78 Å². The number of halogens is 1. The molecule has 0 bridgehead atoms. The molecule has 0 aliphatic carbocycles. The quantitative estimate of drug-likeness (QED) is 0.626. The fourth-order valence-electron chi connectivity index (χ4n) is 2.03. The number of hydrogen-bond acceptors (Lipinski definition) is 3. The van der Waals surface area contributed by atoms with Gasteiger partial charge >= 0.3 is 0 Å². The molecule has 0 spiro atoms. The van der Waals surface area contributed by atoms with Crippen molar-refractivity contribution < 1.29 is 9.53 Å². The Labute approximate surface area is 145 Å². The zero-order valence-electron chi connectivity index (χ0n) is 13.1. The van der Waals surface area contributed by atoms with E-state index in [9.17, 15) is 4.79 Å². The number of anilines is 1. The predicted octanol–water partition coefficient (Wildman–Crippen LogP) is 5.44. The van der Waals surface area contributed by atoms with Gasteiger partial charge in [-0.05, 0) is 42.8 Å². The lowest BCUT2D eigenvalue weighted by Crippen LogP contribution is -2.06. The molecule has 120 valence electrons. The summed E-state index contributed by atoms with van der Waals surface area (Å²) in [5, 5.41) is 3.16. The fourth-order valence-corrected chi connectivity index (χ4v) is 2.30. The summed E-state index contributed by atoms with van der Waals surface area (Å²) in [5.74, 6) is 0.881. The molecule has 0 amide bonds. The van der Waals surface area contributed by atoms with Gasteiger partial charge in [-0.1, -0.05) is 41.6 Å². The Kier molecular flexibility index (Phi) is 6.41. The summed E-state index contributed by atoms with van der Waals surface area (Å²) < 4.78 is 6.49. The zero-order chi connectivity index (χ0) is 16.7. The predicted molar refractivity (Wildman–Crippen MR) is 98.1 cm³/mol. The minimum absolute atomic E-state index is 0.0397. The molecule has 0 aliphatic heterocycles. The molecule has 0 radical (unpaired) electrons. The van der Waals surface area contributed by atoms with E-state index in [2.05, 4.69) is 34.7 Å². The van der Waals surface area contributed by atoms with Gasteiger partial charge in [-0.15, -0.1) is 0 Å². The lowest BCUT2D eigenvalue weighted by molar-refractivity contribution is 0.0993. The normalized spacial score (nSPS) is 10.2. The van der Waals surface area contributed by atoms with Crippen LogP contribution in [0.1, 0.15) is 30.1 Å². The lowest BCUT2D eigenvalue weighted by atomic mass is 10.1. The first kappa shape index (κ1) is 17.3. The van der Waals surface area contributed by atoms with Crippen LogP contribution in [0.25, 0.3) is 0 Å². The summed E-state index contributed by atoms with van der Waals surface area (Å²) in [4.78, 5) is 12.2. The first-order valence-electron chi connectivity index (χ1n) is 7.55. The molecule has 4 heteroatoms. The number of benzene rings is 2. The first-order chi connectivity index (χ1) is 11.1. The molecule has 23 heavy (non-hydrogen) atoms. The third-order valence-corrected chi connectivity index (χ3v) is 3.72. The van der Waals surface area contributed by atoms with E-state index in [0.717, 1.165) is 22.3 Å². The number of nitrogens with one attached hydrogen (secondary N) is 1. The average Bonchev–Trinajstić information content (AvgIpc) is 2.54. The summed E-state index contributed by atoms with van der Waals surface area (Å²) in [7, 11) is 0. The second-order valence-electron chi connectivity index (χ2n) is 5.21. The summed E-state index contributed by atoms with van der Waals surface area (Å²) in [5.41, 5.74) is 2.24. The highest BCUT2D eigenvalue weighted by Crippen LogP contribution is 2.19. The summed E-state index contributed by atoms with van der Waals surface area (Å²) >= 11 is 3.36. The first-order valence-corrected chi connectivity index (χ1v) is 8.34. The van der Waals surface area contributed by atoms with Crippen LogP contribution >= 0.6 is 15.9 Å². The molecule has 2 rings (SSSR count). The van der Waals surface area contributed by atoms with E-state index in [1.807, 2.05) is 36.4 Å². The van der Waals surface area contributed by atoms with Crippen LogP contribution in [0.4, 0.5) is 5.69 Å². The SMILES string of the molecule is C=C(CC(=O)c1ccc(Br)cc1)Nc1ccc(OCCC)cc1. The highest BCUT2D eigenvalue weighted by molar-refractivity contribution is 9.10. The van der Waals surface area contributed by atoms with Gasteiger partial charge in [0.05, 0.1) is 13.0 Å². The van der Waals surface area contributed by atoms with Crippen molar-refractivity contribution in [3.05, 3.63) is 70.8 Å². The molecule has 0 heterocycles. The maximum atomic E-state index is 12.2. The van der Waals surface area contributed by atoms with E-state index in [1.54, 1.807) is 12.1 Å². The molecule has 0 saturated heterocycles. The van der Waals surface area contributed by atoms with Gasteiger partial charge in [-0.2, -0.15) is 0 Å². The standard InChI is InChI=1S/C19H20BrNO2/c1-3-12-23-18-10-8-17(9-11-18)21-14(2)13-19(22)15-4-6-16(20)7-5-15/h4-11,21H,2-3,12-13H2,1H3. The molecule has 1 N–H and O–H groups in total. The Bertz CT molecular complexity index is 663. The molecule has 0 aliphatic rings. The van der Waals surface area contributed by atoms with Crippen molar-refractivity contribution in [3.63, 3.8) is 0 Å². The number of ketones is 1. The number of rotatable bonds is 8. The van der Waals surface area contributed by atoms with E-state index < -0.39 is 0 Å². The van der Waals surface area contributed by atoms with Crippen LogP contribution in [0.5, 0.6) is 5.75 Å². The Morgan fingerprint density at radius 3 is 2.39 bits per heavy atom. The van der Waals surface area contributed by atoms with Crippen molar-refractivity contribution in [2.45, 2.75) is 19.8 Å². The van der Waals surface area contributed by atoms with Gasteiger partial charge < -0.3 is 10.1 Å². The van der Waals surface area contributed by atoms with Gasteiger partial charge in [0.1, 0.15) is 5.75 Å². The largest absolute Gasteiger partial charge is 0.494 e. The van der Waals surface area contributed by atoms with E-state index in [4.69, 9.17) is 4.74 Å². The van der Waals surface area contributed by atoms with Crippen molar-refractivity contribution in [2.75, 3.05) is 11.9 Å². The van der Waals surface area contributed by atoms with Gasteiger partial charge in [0, 0.05) is 21.4 Å². The average molecular weight is 374 g/mol. The fraction of sp³-hybridized carbons (Fsp3) is 0.211. The van der Waals surface area contributed by atoms with E-state index in [1.165, 1.54) is 0 Å². The van der Waals surface area contributed by atoms with Crippen LogP contribution in [-0.2, 0) is 0 Å². The zero-order valence-corrected chi connectivity index (χ0v) is 14.7. The van der Waals surface area contributed by atoms with Gasteiger partial charge in [-0.3, -0.25) is 4.79 Å². The minimum atomic E-state index is 0.0397. The molecule has 0 unspecified atom stereocenters. The van der Waals surface area contributed by atoms with Gasteiger partial charge in [0.2, 0.25) is 0 Å². The third-order valence-electron chi connectivity index (χ3n) is 3.19. The molecule has 0 aromatic heterocycles. The number of ether oxygens (including phenoxy) is 1. The molecule has 0 atom stereocenters. The van der Waals surface area contributed by atoms with E-state index >= 15 is 0 Å². The smallest absolute Gasteiger partial charge is 0.168 e. The maximum Gasteiger partial charge on any atom is 0.168 e. The summed E-state index contributed by atoms with van der Waals surface area (Å²) in [6.07, 6.45) is 1.24. The molecule has 2 aromatic carbocycles. The second-order valence-corrected chi connectivity index (χ2v) is 6.12. The van der Waals surface area contributed by atoms with Crippen molar-refractivity contribution in [1.82, 2.24) is 0 Å². The summed E-state index contributed by atoms with van der Waals surface area (Å²) in [6.45, 7) is 6.71. The molecule has 0 saturated carbocycles. The van der Waals surface area contributed by atoms with Crippen LogP contribution in [-0.4, -0.2) is 12.4 Å². The van der Waals surface area contributed by atoms with Crippen LogP contribution < -0.4 is 10.1 Å². The van der Waals surface area contributed by atoms with Crippen LogP contribution in [0.15, 0.2) is 65.3 Å². The van der Waals surface area contributed by atoms with Crippen LogP contribution in [0.3, 0.4) is 0 Å². The van der Waals surface area contributed by atoms with Crippen LogP contribution in [0, 0.1) is 0 Å². The summed E-state index contributed by atoms with van der Waals surface area (Å²) in [6, 6.07) is 15.0. The Balaban J connectivity index is 1.88. The monoisotopic (exact) mass is 373 g/mol. The molecule has 0 fully saturated rings. The van der Waals surface area contributed by atoms with Crippen molar-refractivity contribution in [2.24, 2.45) is 0 Å². The maximum absolute atomic E-state index is 12.2. The Morgan fingerprint density at radius 2 is 1.78 bits per heavy atom. The Morgan fingerprint density at radius 1 is 1.13 bits per heavy atom. The number of Topliss-reactive ketones (excluding diaryl/α,β-unsaturated/α-hetero) is 1. The second kappa shape index (κ2) is 8.53. The van der Waals surface area contributed by atoms with Gasteiger partial charge in [-0.25, -0.2) is 0 Å². The molecule has 3 nitrogen and oxygen atoms in total. The highest BCUT2D eigenvalue weighted by atomic mass is 79.9. The van der Waals surface area contributed by atoms with Crippen LogP contribution in [0.2, 0.25) is 0 Å². The molecule has 2 aromatic rings. The number of hydrogen-bond donors (Lipinski definition) is 1. The third kappa shape index (κ3) is 5.57. The number of allylic oxidation sites excluding steroid dienone is 1. The van der Waals surface area contributed by atoms with Crippen molar-refractivity contribution >= 4 is 27.4 Å². The number of carbonyl (C=O) groups is 1.